The number of Topliss-reactive ketones (excluding diaryl/α,β-unsaturated/α-hetero) is 1. The molecule has 3 heteroatoms. The van der Waals surface area contributed by atoms with E-state index in [1.165, 1.54) is 11.3 Å². The average Bonchev–Trinajstić information content (AvgIpc) is 2.81. The highest BCUT2D eigenvalue weighted by Crippen LogP contribution is 2.24. The summed E-state index contributed by atoms with van der Waals surface area (Å²) in [5, 5.41) is 6.73. The molecule has 2 rings (SSSR count). The predicted molar refractivity (Wildman–Crippen MR) is 79.9 cm³/mol. The molecule has 1 aromatic carbocycles. The molecular formula is C16H24N2O. The van der Waals surface area contributed by atoms with E-state index in [0.29, 0.717) is 0 Å². The molecule has 0 bridgehead atoms. The molecule has 0 saturated carbocycles. The fraction of sp³-hybridized carbons (Fsp3) is 0.562. The molecule has 1 aliphatic heterocycles. The lowest BCUT2D eigenvalue weighted by Gasteiger charge is -2.27. The lowest BCUT2D eigenvalue weighted by atomic mass is 9.97. The van der Waals surface area contributed by atoms with E-state index in [2.05, 4.69) is 38.3 Å². The molecule has 1 aliphatic rings. The first kappa shape index (κ1) is 14.1. The van der Waals surface area contributed by atoms with E-state index in [1.807, 2.05) is 18.2 Å². The van der Waals surface area contributed by atoms with Crippen molar-refractivity contribution in [3.8, 4) is 0 Å². The zero-order valence-corrected chi connectivity index (χ0v) is 12.3. The number of hydrogen-bond donors (Lipinski definition) is 2. The van der Waals surface area contributed by atoms with Crippen molar-refractivity contribution in [1.82, 2.24) is 5.32 Å². The van der Waals surface area contributed by atoms with Crippen LogP contribution in [0.25, 0.3) is 0 Å². The lowest BCUT2D eigenvalue weighted by Crippen LogP contribution is -2.47. The largest absolute Gasteiger partial charge is 0.384 e. The molecule has 3 nitrogen and oxygen atoms in total. The molecule has 1 atom stereocenters. The number of fused-ring (bicyclic) bond motifs is 1. The molecule has 0 saturated heterocycles. The fourth-order valence-corrected chi connectivity index (χ4v) is 2.53. The van der Waals surface area contributed by atoms with Crippen molar-refractivity contribution in [1.29, 1.82) is 0 Å². The molecule has 1 aromatic rings. The number of hydrogen-bond acceptors (Lipinski definition) is 3. The van der Waals surface area contributed by atoms with Crippen molar-refractivity contribution < 1.29 is 4.79 Å². The first-order valence-corrected chi connectivity index (χ1v) is 7.09. The Balaban J connectivity index is 2.18. The van der Waals surface area contributed by atoms with Crippen LogP contribution in [0.4, 0.5) is 5.69 Å². The van der Waals surface area contributed by atoms with Crippen LogP contribution in [0.1, 0.15) is 50.0 Å². The maximum Gasteiger partial charge on any atom is 0.179 e. The molecule has 0 spiro atoms. The zero-order valence-electron chi connectivity index (χ0n) is 12.3. The number of carbonyl (C=O) groups is 1. The van der Waals surface area contributed by atoms with Crippen LogP contribution in [0, 0.1) is 0 Å². The topological polar surface area (TPSA) is 41.1 Å². The highest BCUT2D eigenvalue weighted by atomic mass is 16.1. The third kappa shape index (κ3) is 3.35. The quantitative estimate of drug-likeness (QED) is 0.818. The summed E-state index contributed by atoms with van der Waals surface area (Å²) in [7, 11) is 0. The highest BCUT2D eigenvalue weighted by molar-refractivity contribution is 6.00. The van der Waals surface area contributed by atoms with Gasteiger partial charge < -0.3 is 10.6 Å². The van der Waals surface area contributed by atoms with E-state index in [-0.39, 0.29) is 17.4 Å². The number of nitrogens with one attached hydrogen (secondary N) is 2. The maximum atomic E-state index is 12.6. The molecule has 104 valence electrons. The minimum absolute atomic E-state index is 0.0470. The molecular weight excluding hydrogens is 236 g/mol. The summed E-state index contributed by atoms with van der Waals surface area (Å²) < 4.78 is 0. The predicted octanol–water partition coefficient (Wildman–Crippen LogP) is 3.00. The highest BCUT2D eigenvalue weighted by Gasteiger charge is 2.24. The van der Waals surface area contributed by atoms with E-state index in [1.54, 1.807) is 0 Å². The van der Waals surface area contributed by atoms with Crippen LogP contribution in [0.2, 0.25) is 0 Å². The minimum atomic E-state index is -0.104. The molecule has 2 N–H and O–H groups in total. The van der Waals surface area contributed by atoms with Crippen LogP contribution in [0.5, 0.6) is 0 Å². The van der Waals surface area contributed by atoms with Gasteiger partial charge >= 0.3 is 0 Å². The van der Waals surface area contributed by atoms with Gasteiger partial charge in [-0.3, -0.25) is 4.79 Å². The van der Waals surface area contributed by atoms with Gasteiger partial charge in [-0.15, -0.1) is 0 Å². The third-order valence-corrected chi connectivity index (χ3v) is 3.43. The van der Waals surface area contributed by atoms with Crippen molar-refractivity contribution in [2.75, 3.05) is 11.9 Å². The molecule has 19 heavy (non-hydrogen) atoms. The number of benzene rings is 1. The second kappa shape index (κ2) is 5.33. The first-order valence-electron chi connectivity index (χ1n) is 7.09. The van der Waals surface area contributed by atoms with Crippen LogP contribution in [0.3, 0.4) is 0 Å². The van der Waals surface area contributed by atoms with Crippen molar-refractivity contribution in [3.63, 3.8) is 0 Å². The fourth-order valence-electron chi connectivity index (χ4n) is 2.53. The van der Waals surface area contributed by atoms with Gasteiger partial charge in [-0.25, -0.2) is 0 Å². The number of anilines is 1. The standard InChI is InChI=1S/C16H24N2O/c1-5-13(18-16(2,3)4)15(19)12-6-7-14-11(10-12)8-9-17-14/h6-7,10,13,17-18H,5,8-9H2,1-4H3. The van der Waals surface area contributed by atoms with Gasteiger partial charge in [-0.05, 0) is 57.4 Å². The molecule has 1 unspecified atom stereocenters. The summed E-state index contributed by atoms with van der Waals surface area (Å²) in [5.74, 6) is 0.201. The van der Waals surface area contributed by atoms with E-state index in [9.17, 15) is 4.79 Å². The SMILES string of the molecule is CCC(NC(C)(C)C)C(=O)c1ccc2c(c1)CCN2. The van der Waals surface area contributed by atoms with Crippen LogP contribution in [-0.2, 0) is 6.42 Å². The molecule has 0 radical (unpaired) electrons. The number of ketones is 1. The Morgan fingerprint density at radius 3 is 2.79 bits per heavy atom. The first-order chi connectivity index (χ1) is 8.90. The number of rotatable bonds is 4. The zero-order chi connectivity index (χ0) is 14.0. The Kier molecular flexibility index (Phi) is 3.95. The average molecular weight is 260 g/mol. The van der Waals surface area contributed by atoms with E-state index in [4.69, 9.17) is 0 Å². The monoisotopic (exact) mass is 260 g/mol. The van der Waals surface area contributed by atoms with Crippen LogP contribution < -0.4 is 10.6 Å². The van der Waals surface area contributed by atoms with Crippen LogP contribution >= 0.6 is 0 Å². The molecule has 0 aromatic heterocycles. The van der Waals surface area contributed by atoms with Gasteiger partial charge in [0.15, 0.2) is 5.78 Å². The summed E-state index contributed by atoms with van der Waals surface area (Å²) in [5.41, 5.74) is 3.21. The van der Waals surface area contributed by atoms with Gasteiger partial charge in [0, 0.05) is 23.3 Å². The van der Waals surface area contributed by atoms with E-state index in [0.717, 1.165) is 24.9 Å². The van der Waals surface area contributed by atoms with Crippen LogP contribution in [0.15, 0.2) is 18.2 Å². The van der Waals surface area contributed by atoms with Gasteiger partial charge in [-0.2, -0.15) is 0 Å². The summed E-state index contributed by atoms with van der Waals surface area (Å²) in [6.07, 6.45) is 1.82. The van der Waals surface area contributed by atoms with Gasteiger partial charge in [0.1, 0.15) is 0 Å². The molecule has 0 aliphatic carbocycles. The van der Waals surface area contributed by atoms with Crippen LogP contribution in [-0.4, -0.2) is 23.9 Å². The van der Waals surface area contributed by atoms with Crippen molar-refractivity contribution >= 4 is 11.5 Å². The smallest absolute Gasteiger partial charge is 0.179 e. The Labute approximate surface area is 115 Å². The van der Waals surface area contributed by atoms with Crippen molar-refractivity contribution in [3.05, 3.63) is 29.3 Å². The van der Waals surface area contributed by atoms with Gasteiger partial charge in [0.05, 0.1) is 6.04 Å². The summed E-state index contributed by atoms with van der Waals surface area (Å²) >= 11 is 0. The van der Waals surface area contributed by atoms with Crippen molar-refractivity contribution in [2.24, 2.45) is 0 Å². The second-order valence-corrected chi connectivity index (χ2v) is 6.27. The van der Waals surface area contributed by atoms with Gasteiger partial charge in [-0.1, -0.05) is 6.92 Å². The summed E-state index contributed by atoms with van der Waals surface area (Å²) in [6.45, 7) is 9.31. The second-order valence-electron chi connectivity index (χ2n) is 6.27. The summed E-state index contributed by atoms with van der Waals surface area (Å²) in [6, 6.07) is 5.91. The Morgan fingerprint density at radius 2 is 2.16 bits per heavy atom. The minimum Gasteiger partial charge on any atom is -0.384 e. The Hall–Kier alpha value is -1.35. The molecule has 0 amide bonds. The van der Waals surface area contributed by atoms with Gasteiger partial charge in [0.25, 0.3) is 0 Å². The van der Waals surface area contributed by atoms with E-state index < -0.39 is 0 Å². The maximum absolute atomic E-state index is 12.6. The molecule has 0 fully saturated rings. The molecule has 1 heterocycles. The third-order valence-electron chi connectivity index (χ3n) is 3.43. The van der Waals surface area contributed by atoms with Crippen molar-refractivity contribution in [2.45, 2.75) is 52.1 Å². The summed E-state index contributed by atoms with van der Waals surface area (Å²) in [4.78, 5) is 12.6. The Morgan fingerprint density at radius 1 is 1.42 bits per heavy atom. The van der Waals surface area contributed by atoms with Gasteiger partial charge in [0.2, 0.25) is 0 Å². The normalized spacial score (nSPS) is 15.8. The Bertz CT molecular complexity index is 474. The lowest BCUT2D eigenvalue weighted by molar-refractivity contribution is 0.0923. The number of carbonyl (C=O) groups excluding carboxylic acids is 1. The van der Waals surface area contributed by atoms with E-state index >= 15 is 0 Å².